The molecule has 0 amide bonds. The minimum Gasteiger partial charge on any atom is -0.482 e. The summed E-state index contributed by atoms with van der Waals surface area (Å²) in [5, 5.41) is 8.70. The molecule has 0 fully saturated rings. The average Bonchev–Trinajstić information content (AvgIpc) is 2.75. The largest absolute Gasteiger partial charge is 0.482 e. The van der Waals surface area contributed by atoms with Crippen LogP contribution in [0.2, 0.25) is 0 Å². The number of nitriles is 1. The van der Waals surface area contributed by atoms with E-state index in [0.717, 1.165) is 0 Å². The number of hydrogen-bond donors (Lipinski definition) is 0. The van der Waals surface area contributed by atoms with Gasteiger partial charge in [0.05, 0.1) is 17.3 Å². The summed E-state index contributed by atoms with van der Waals surface area (Å²) in [6.45, 7) is -0.892. The third-order valence-electron chi connectivity index (χ3n) is 3.32. The van der Waals surface area contributed by atoms with E-state index in [1.807, 2.05) is 6.07 Å². The summed E-state index contributed by atoms with van der Waals surface area (Å²) in [6.07, 6.45) is 1.42. The Hall–Kier alpha value is -4.15. The zero-order chi connectivity index (χ0) is 20.9. The standard InChI is InChI=1S/C20H16N2O7/c21-11-15-1-5-17(6-2-15)28-12-19(24)26-9-10-27-20(25)13-29-18-7-3-16(4-8-18)22-14-23/h1-8H,9-10,12-13H2. The molecule has 0 saturated heterocycles. The SMILES string of the molecule is N#Cc1ccc(OCC(=O)OCCOC(=O)COc2ccc(N=C=O)cc2)cc1. The molecule has 0 spiro atoms. The van der Waals surface area contributed by atoms with Crippen LogP contribution in [-0.4, -0.2) is 44.4 Å². The van der Waals surface area contributed by atoms with Crippen LogP contribution in [0, 0.1) is 11.3 Å². The molecule has 2 rings (SSSR count). The molecule has 0 unspecified atom stereocenters. The van der Waals surface area contributed by atoms with Gasteiger partial charge >= 0.3 is 11.9 Å². The van der Waals surface area contributed by atoms with Gasteiger partial charge in [0, 0.05) is 0 Å². The van der Waals surface area contributed by atoms with Crippen molar-refractivity contribution < 1.29 is 33.3 Å². The first-order chi connectivity index (χ1) is 14.1. The fourth-order valence-electron chi connectivity index (χ4n) is 1.97. The zero-order valence-electron chi connectivity index (χ0n) is 15.2. The monoisotopic (exact) mass is 396 g/mol. The molecule has 148 valence electrons. The Morgan fingerprint density at radius 1 is 0.828 bits per heavy atom. The smallest absolute Gasteiger partial charge is 0.344 e. The van der Waals surface area contributed by atoms with Gasteiger partial charge in [-0.2, -0.15) is 10.3 Å². The Balaban J connectivity index is 1.57. The molecule has 0 aliphatic heterocycles. The van der Waals surface area contributed by atoms with Gasteiger partial charge in [0.15, 0.2) is 13.2 Å². The molecule has 0 radical (unpaired) electrons. The third-order valence-corrected chi connectivity index (χ3v) is 3.32. The van der Waals surface area contributed by atoms with E-state index < -0.39 is 11.9 Å². The number of carbonyl (C=O) groups excluding carboxylic acids is 3. The zero-order valence-corrected chi connectivity index (χ0v) is 15.2. The Morgan fingerprint density at radius 3 is 1.76 bits per heavy atom. The second kappa shape index (κ2) is 11.5. The van der Waals surface area contributed by atoms with Gasteiger partial charge in [-0.15, -0.1) is 0 Å². The van der Waals surface area contributed by atoms with Gasteiger partial charge in [0.2, 0.25) is 6.08 Å². The van der Waals surface area contributed by atoms with E-state index in [1.165, 1.54) is 18.2 Å². The quantitative estimate of drug-likeness (QED) is 0.259. The lowest BCUT2D eigenvalue weighted by molar-refractivity contribution is -0.154. The molecule has 0 aliphatic carbocycles. The molecule has 0 N–H and O–H groups in total. The molecule has 2 aromatic rings. The number of esters is 2. The van der Waals surface area contributed by atoms with Gasteiger partial charge in [0.25, 0.3) is 0 Å². The van der Waals surface area contributed by atoms with E-state index in [-0.39, 0.29) is 26.4 Å². The molecule has 0 bridgehead atoms. The lowest BCUT2D eigenvalue weighted by Crippen LogP contribution is -2.21. The lowest BCUT2D eigenvalue weighted by atomic mass is 10.2. The normalized spacial score (nSPS) is 9.48. The van der Waals surface area contributed by atoms with Gasteiger partial charge < -0.3 is 18.9 Å². The summed E-state index contributed by atoms with van der Waals surface area (Å²) < 4.78 is 20.2. The predicted octanol–water partition coefficient (Wildman–Crippen LogP) is 2.07. The van der Waals surface area contributed by atoms with Gasteiger partial charge in [0.1, 0.15) is 24.7 Å². The molecule has 9 heteroatoms. The van der Waals surface area contributed by atoms with Crippen molar-refractivity contribution in [2.45, 2.75) is 0 Å². The van der Waals surface area contributed by atoms with Crippen LogP contribution in [0.5, 0.6) is 11.5 Å². The average molecular weight is 396 g/mol. The maximum Gasteiger partial charge on any atom is 0.344 e. The molecule has 0 aliphatic rings. The first-order valence-corrected chi connectivity index (χ1v) is 8.35. The second-order valence-corrected chi connectivity index (χ2v) is 5.35. The van der Waals surface area contributed by atoms with Crippen LogP contribution in [0.25, 0.3) is 0 Å². The molecule has 29 heavy (non-hydrogen) atoms. The number of benzene rings is 2. The molecule has 2 aromatic carbocycles. The Morgan fingerprint density at radius 2 is 1.31 bits per heavy atom. The predicted molar refractivity (Wildman–Crippen MR) is 98.3 cm³/mol. The molecule has 0 aromatic heterocycles. The summed E-state index contributed by atoms with van der Waals surface area (Å²) >= 11 is 0. The summed E-state index contributed by atoms with van der Waals surface area (Å²) in [5.41, 5.74) is 0.898. The van der Waals surface area contributed by atoms with Crippen molar-refractivity contribution in [3.8, 4) is 17.6 Å². The number of isocyanates is 1. The minimum absolute atomic E-state index is 0.125. The number of carbonyl (C=O) groups is 2. The number of nitrogens with zero attached hydrogens (tertiary/aromatic N) is 2. The Labute approximate surface area is 166 Å². The summed E-state index contributed by atoms with van der Waals surface area (Å²) in [7, 11) is 0. The maximum absolute atomic E-state index is 11.6. The highest BCUT2D eigenvalue weighted by Gasteiger charge is 2.07. The van der Waals surface area contributed by atoms with E-state index >= 15 is 0 Å². The van der Waals surface area contributed by atoms with Crippen LogP contribution in [0.4, 0.5) is 5.69 Å². The molecular formula is C20H16N2O7. The van der Waals surface area contributed by atoms with Crippen molar-refractivity contribution >= 4 is 23.7 Å². The number of aliphatic imine (C=N–C) groups is 1. The highest BCUT2D eigenvalue weighted by atomic mass is 16.6. The first-order valence-electron chi connectivity index (χ1n) is 8.35. The van der Waals surface area contributed by atoms with Crippen LogP contribution in [0.3, 0.4) is 0 Å². The van der Waals surface area contributed by atoms with E-state index in [0.29, 0.717) is 22.7 Å². The molecule has 0 atom stereocenters. The number of ether oxygens (including phenoxy) is 4. The first kappa shape index (κ1) is 21.2. The molecular weight excluding hydrogens is 380 g/mol. The van der Waals surface area contributed by atoms with Crippen molar-refractivity contribution in [2.75, 3.05) is 26.4 Å². The van der Waals surface area contributed by atoms with Crippen LogP contribution in [0.1, 0.15) is 5.56 Å². The van der Waals surface area contributed by atoms with E-state index in [1.54, 1.807) is 36.4 Å². The second-order valence-electron chi connectivity index (χ2n) is 5.35. The van der Waals surface area contributed by atoms with Crippen LogP contribution >= 0.6 is 0 Å². The van der Waals surface area contributed by atoms with E-state index in [9.17, 15) is 14.4 Å². The Bertz CT molecular complexity index is 911. The van der Waals surface area contributed by atoms with Crippen LogP contribution in [0.15, 0.2) is 53.5 Å². The highest BCUT2D eigenvalue weighted by Crippen LogP contribution is 2.17. The number of hydrogen-bond acceptors (Lipinski definition) is 9. The molecule has 0 heterocycles. The molecule has 9 nitrogen and oxygen atoms in total. The van der Waals surface area contributed by atoms with Crippen molar-refractivity contribution in [3.63, 3.8) is 0 Å². The fraction of sp³-hybridized carbons (Fsp3) is 0.200. The maximum atomic E-state index is 11.6. The van der Waals surface area contributed by atoms with Crippen LogP contribution in [-0.2, 0) is 23.9 Å². The summed E-state index contributed by atoms with van der Waals surface area (Å²) in [4.78, 5) is 36.7. The number of rotatable bonds is 10. The van der Waals surface area contributed by atoms with Gasteiger partial charge in [-0.1, -0.05) is 0 Å². The van der Waals surface area contributed by atoms with Gasteiger partial charge in [-0.3, -0.25) is 0 Å². The van der Waals surface area contributed by atoms with Gasteiger partial charge in [-0.05, 0) is 48.5 Å². The van der Waals surface area contributed by atoms with E-state index in [2.05, 4.69) is 4.99 Å². The fourth-order valence-corrected chi connectivity index (χ4v) is 1.97. The topological polar surface area (TPSA) is 124 Å². The van der Waals surface area contributed by atoms with Crippen molar-refractivity contribution in [1.29, 1.82) is 5.26 Å². The van der Waals surface area contributed by atoms with Crippen molar-refractivity contribution in [3.05, 3.63) is 54.1 Å². The lowest BCUT2D eigenvalue weighted by Gasteiger charge is -2.09. The summed E-state index contributed by atoms with van der Waals surface area (Å²) in [5.74, 6) is -0.432. The van der Waals surface area contributed by atoms with Crippen LogP contribution < -0.4 is 9.47 Å². The minimum atomic E-state index is -0.634. The van der Waals surface area contributed by atoms with Gasteiger partial charge in [-0.25, -0.2) is 14.4 Å². The van der Waals surface area contributed by atoms with E-state index in [4.69, 9.17) is 24.2 Å². The molecule has 0 saturated carbocycles. The Kier molecular flexibility index (Phi) is 8.42. The van der Waals surface area contributed by atoms with Crippen molar-refractivity contribution in [1.82, 2.24) is 0 Å². The summed E-state index contributed by atoms with van der Waals surface area (Å²) in [6, 6.07) is 14.4. The highest BCUT2D eigenvalue weighted by molar-refractivity contribution is 5.72. The third kappa shape index (κ3) is 7.95. The van der Waals surface area contributed by atoms with Crippen molar-refractivity contribution in [2.24, 2.45) is 4.99 Å².